The van der Waals surface area contributed by atoms with Crippen LogP contribution in [0.5, 0.6) is 0 Å². The fourth-order valence-corrected chi connectivity index (χ4v) is 2.50. The summed E-state index contributed by atoms with van der Waals surface area (Å²) in [5.41, 5.74) is 3.09. The van der Waals surface area contributed by atoms with Crippen LogP contribution in [0, 0.1) is 6.92 Å². The number of likely N-dealkylation sites (tertiary alicyclic amines) is 1. The van der Waals surface area contributed by atoms with Gasteiger partial charge in [0.1, 0.15) is 5.78 Å². The molecule has 1 aromatic carbocycles. The number of benzene rings is 1. The molecule has 0 saturated carbocycles. The van der Waals surface area contributed by atoms with Crippen LogP contribution in [0.15, 0.2) is 18.2 Å². The van der Waals surface area contributed by atoms with Gasteiger partial charge in [0.15, 0.2) is 0 Å². The van der Waals surface area contributed by atoms with E-state index in [1.54, 1.807) is 4.90 Å². The number of amides is 1. The third-order valence-corrected chi connectivity index (χ3v) is 3.93. The number of hydrogen-bond acceptors (Lipinski definition) is 2. The molecular weight excluding hydrogens is 250 g/mol. The minimum absolute atomic E-state index is 0.0514. The Bertz CT molecular complexity index is 530. The van der Waals surface area contributed by atoms with Crippen molar-refractivity contribution in [1.29, 1.82) is 0 Å². The molecule has 1 amide bonds. The molecule has 2 rings (SSSR count). The number of ketones is 1. The Labute approximate surface area is 121 Å². The molecule has 1 heterocycles. The zero-order valence-corrected chi connectivity index (χ0v) is 12.8. The van der Waals surface area contributed by atoms with Crippen molar-refractivity contribution in [2.75, 3.05) is 13.1 Å². The van der Waals surface area contributed by atoms with Gasteiger partial charge >= 0.3 is 0 Å². The van der Waals surface area contributed by atoms with Crippen molar-refractivity contribution in [3.63, 3.8) is 0 Å². The van der Waals surface area contributed by atoms with E-state index in [2.05, 4.69) is 26.8 Å². The summed E-state index contributed by atoms with van der Waals surface area (Å²) in [6.45, 7) is 9.59. The first-order valence-electron chi connectivity index (χ1n) is 7.21. The molecule has 0 spiro atoms. The van der Waals surface area contributed by atoms with E-state index in [9.17, 15) is 9.59 Å². The second kappa shape index (κ2) is 5.39. The maximum atomic E-state index is 12.5. The zero-order valence-electron chi connectivity index (χ0n) is 12.8. The molecule has 3 heteroatoms. The van der Waals surface area contributed by atoms with E-state index >= 15 is 0 Å². The summed E-state index contributed by atoms with van der Waals surface area (Å²) in [6, 6.07) is 6.06. The highest BCUT2D eigenvalue weighted by molar-refractivity contribution is 5.96. The largest absolute Gasteiger partial charge is 0.338 e. The Morgan fingerprint density at radius 2 is 1.75 bits per heavy atom. The normalized spacial score (nSPS) is 16.4. The standard InChI is InChI=1S/C17H23NO2/c1-12-11-13(17(2,3)4)5-6-15(12)16(20)18-9-7-14(19)8-10-18/h5-6,11H,7-10H2,1-4H3. The molecule has 0 atom stereocenters. The van der Waals surface area contributed by atoms with Gasteiger partial charge in [-0.2, -0.15) is 0 Å². The average Bonchev–Trinajstić information content (AvgIpc) is 2.37. The van der Waals surface area contributed by atoms with E-state index in [1.807, 2.05) is 19.1 Å². The topological polar surface area (TPSA) is 37.4 Å². The zero-order chi connectivity index (χ0) is 14.9. The molecule has 1 aliphatic rings. The Kier molecular flexibility index (Phi) is 3.98. The van der Waals surface area contributed by atoms with Gasteiger partial charge in [0.2, 0.25) is 0 Å². The molecule has 0 aliphatic carbocycles. The van der Waals surface area contributed by atoms with Gasteiger partial charge in [-0.25, -0.2) is 0 Å². The second-order valence-corrected chi connectivity index (χ2v) is 6.61. The van der Waals surface area contributed by atoms with Gasteiger partial charge < -0.3 is 4.90 Å². The van der Waals surface area contributed by atoms with E-state index in [4.69, 9.17) is 0 Å². The number of piperidine rings is 1. The van der Waals surface area contributed by atoms with Crippen LogP contribution in [-0.4, -0.2) is 29.7 Å². The van der Waals surface area contributed by atoms with Crippen LogP contribution in [-0.2, 0) is 10.2 Å². The van der Waals surface area contributed by atoms with Crippen LogP contribution in [0.3, 0.4) is 0 Å². The number of nitrogens with zero attached hydrogens (tertiary/aromatic N) is 1. The first kappa shape index (κ1) is 14.8. The van der Waals surface area contributed by atoms with Gasteiger partial charge in [-0.3, -0.25) is 9.59 Å². The highest BCUT2D eigenvalue weighted by Crippen LogP contribution is 2.25. The number of rotatable bonds is 1. The predicted molar refractivity (Wildman–Crippen MR) is 80.0 cm³/mol. The second-order valence-electron chi connectivity index (χ2n) is 6.61. The third kappa shape index (κ3) is 3.09. The van der Waals surface area contributed by atoms with Crippen LogP contribution >= 0.6 is 0 Å². The molecule has 0 aromatic heterocycles. The number of hydrogen-bond donors (Lipinski definition) is 0. The van der Waals surface area contributed by atoms with Crippen molar-refractivity contribution in [3.05, 3.63) is 34.9 Å². The summed E-state index contributed by atoms with van der Waals surface area (Å²) >= 11 is 0. The van der Waals surface area contributed by atoms with Gasteiger partial charge in [0.25, 0.3) is 5.91 Å². The Morgan fingerprint density at radius 3 is 2.25 bits per heavy atom. The quantitative estimate of drug-likeness (QED) is 0.788. The van der Waals surface area contributed by atoms with Crippen molar-refractivity contribution in [1.82, 2.24) is 4.90 Å². The summed E-state index contributed by atoms with van der Waals surface area (Å²) in [4.78, 5) is 25.5. The average molecular weight is 273 g/mol. The smallest absolute Gasteiger partial charge is 0.254 e. The maximum Gasteiger partial charge on any atom is 0.254 e. The van der Waals surface area contributed by atoms with Gasteiger partial charge in [-0.05, 0) is 29.5 Å². The lowest BCUT2D eigenvalue weighted by molar-refractivity contribution is -0.120. The number of carbonyl (C=O) groups excluding carboxylic acids is 2. The Balaban J connectivity index is 2.21. The van der Waals surface area contributed by atoms with Crippen molar-refractivity contribution >= 4 is 11.7 Å². The first-order valence-corrected chi connectivity index (χ1v) is 7.21. The molecule has 0 unspecified atom stereocenters. The molecule has 1 aliphatic heterocycles. The molecule has 20 heavy (non-hydrogen) atoms. The monoisotopic (exact) mass is 273 g/mol. The molecule has 3 nitrogen and oxygen atoms in total. The molecule has 1 aromatic rings. The summed E-state index contributed by atoms with van der Waals surface area (Å²) in [5.74, 6) is 0.310. The van der Waals surface area contributed by atoms with Crippen LogP contribution in [0.1, 0.15) is 55.1 Å². The molecule has 0 N–H and O–H groups in total. The lowest BCUT2D eigenvalue weighted by Gasteiger charge is -2.27. The molecular formula is C17H23NO2. The van der Waals surface area contributed by atoms with E-state index in [0.29, 0.717) is 25.9 Å². The minimum Gasteiger partial charge on any atom is -0.338 e. The fraction of sp³-hybridized carbons (Fsp3) is 0.529. The van der Waals surface area contributed by atoms with Gasteiger partial charge in [-0.1, -0.05) is 32.9 Å². The Hall–Kier alpha value is -1.64. The molecule has 0 bridgehead atoms. The van der Waals surface area contributed by atoms with Crippen LogP contribution in [0.2, 0.25) is 0 Å². The first-order chi connectivity index (χ1) is 9.29. The SMILES string of the molecule is Cc1cc(C(C)(C)C)ccc1C(=O)N1CCC(=O)CC1. The van der Waals surface area contributed by atoms with Crippen LogP contribution < -0.4 is 0 Å². The van der Waals surface area contributed by atoms with Crippen molar-refractivity contribution in [2.45, 2.75) is 46.0 Å². The summed E-state index contributed by atoms with van der Waals surface area (Å²) < 4.78 is 0. The van der Waals surface area contributed by atoms with Crippen LogP contribution in [0.25, 0.3) is 0 Å². The number of aryl methyl sites for hydroxylation is 1. The molecule has 1 saturated heterocycles. The predicted octanol–water partition coefficient (Wildman–Crippen LogP) is 3.10. The van der Waals surface area contributed by atoms with E-state index in [0.717, 1.165) is 11.1 Å². The highest BCUT2D eigenvalue weighted by Gasteiger charge is 2.23. The summed E-state index contributed by atoms with van der Waals surface area (Å²) in [6.07, 6.45) is 0.982. The van der Waals surface area contributed by atoms with E-state index in [1.165, 1.54) is 5.56 Å². The molecule has 1 fully saturated rings. The minimum atomic E-state index is 0.0514. The van der Waals surface area contributed by atoms with Gasteiger partial charge in [0, 0.05) is 31.5 Å². The molecule has 0 radical (unpaired) electrons. The summed E-state index contributed by atoms with van der Waals surface area (Å²) in [7, 11) is 0. The summed E-state index contributed by atoms with van der Waals surface area (Å²) in [5, 5.41) is 0. The van der Waals surface area contributed by atoms with Crippen molar-refractivity contribution < 1.29 is 9.59 Å². The van der Waals surface area contributed by atoms with Crippen molar-refractivity contribution in [3.8, 4) is 0 Å². The van der Waals surface area contributed by atoms with E-state index < -0.39 is 0 Å². The maximum absolute atomic E-state index is 12.5. The lowest BCUT2D eigenvalue weighted by Crippen LogP contribution is -2.38. The fourth-order valence-electron chi connectivity index (χ4n) is 2.50. The highest BCUT2D eigenvalue weighted by atomic mass is 16.2. The van der Waals surface area contributed by atoms with E-state index in [-0.39, 0.29) is 17.1 Å². The number of carbonyl (C=O) groups is 2. The number of Topliss-reactive ketones (excluding diaryl/α,β-unsaturated/α-hetero) is 1. The Morgan fingerprint density at radius 1 is 1.15 bits per heavy atom. The van der Waals surface area contributed by atoms with Crippen molar-refractivity contribution in [2.24, 2.45) is 0 Å². The third-order valence-electron chi connectivity index (χ3n) is 3.93. The van der Waals surface area contributed by atoms with Crippen LogP contribution in [0.4, 0.5) is 0 Å². The van der Waals surface area contributed by atoms with Gasteiger partial charge in [0.05, 0.1) is 0 Å². The van der Waals surface area contributed by atoms with Gasteiger partial charge in [-0.15, -0.1) is 0 Å². The lowest BCUT2D eigenvalue weighted by atomic mass is 9.85. The molecule has 108 valence electrons.